The van der Waals surface area contributed by atoms with Crippen LogP contribution in [0.3, 0.4) is 0 Å². The first-order valence-electron chi connectivity index (χ1n) is 12.9. The van der Waals surface area contributed by atoms with Crippen molar-refractivity contribution in [3.05, 3.63) is 87.7 Å². The Morgan fingerprint density at radius 3 is 2.59 bits per heavy atom. The Morgan fingerprint density at radius 2 is 1.85 bits per heavy atom. The van der Waals surface area contributed by atoms with Gasteiger partial charge in [0.25, 0.3) is 5.69 Å². The number of nitro groups is 1. The standard InChI is InChI=1S/C29H31FN4O5/c1-38-27-10-7-19(15-28(27)39-2)11-12-31-29(35)22-17-20-16-21(34(36)37)8-9-24(20)33-14-13-32(18-26(22)33)25-6-4-3-5-23(25)30/h3-10,15-16,22,26H,11-14,17-18H2,1-2H3,(H,31,35)/t22-,26+/m1/s1. The molecule has 5 rings (SSSR count). The minimum Gasteiger partial charge on any atom is -0.493 e. The lowest BCUT2D eigenvalue weighted by Crippen LogP contribution is -2.61. The molecule has 10 heteroatoms. The molecular weight excluding hydrogens is 503 g/mol. The summed E-state index contributed by atoms with van der Waals surface area (Å²) in [4.78, 5) is 28.7. The van der Waals surface area contributed by atoms with Crippen molar-refractivity contribution in [2.45, 2.75) is 18.9 Å². The molecule has 39 heavy (non-hydrogen) atoms. The average molecular weight is 535 g/mol. The molecule has 3 aromatic rings. The monoisotopic (exact) mass is 534 g/mol. The van der Waals surface area contributed by atoms with Crippen molar-refractivity contribution in [2.75, 3.05) is 50.2 Å². The zero-order chi connectivity index (χ0) is 27.5. The van der Waals surface area contributed by atoms with Crippen molar-refractivity contribution < 1.29 is 23.6 Å². The van der Waals surface area contributed by atoms with Gasteiger partial charge in [-0.25, -0.2) is 4.39 Å². The van der Waals surface area contributed by atoms with Gasteiger partial charge in [-0.1, -0.05) is 18.2 Å². The van der Waals surface area contributed by atoms with Crippen molar-refractivity contribution in [3.8, 4) is 11.5 Å². The molecule has 1 N–H and O–H groups in total. The summed E-state index contributed by atoms with van der Waals surface area (Å²) in [6.07, 6.45) is 0.960. The highest BCUT2D eigenvalue weighted by molar-refractivity contribution is 5.82. The third-order valence-electron chi connectivity index (χ3n) is 7.60. The number of piperazine rings is 1. The van der Waals surface area contributed by atoms with Crippen LogP contribution in [0.25, 0.3) is 0 Å². The molecule has 0 spiro atoms. The Labute approximate surface area is 226 Å². The fourth-order valence-electron chi connectivity index (χ4n) is 5.65. The number of para-hydroxylation sites is 1. The molecule has 9 nitrogen and oxygen atoms in total. The van der Waals surface area contributed by atoms with Crippen molar-refractivity contribution >= 4 is 23.0 Å². The van der Waals surface area contributed by atoms with E-state index in [4.69, 9.17) is 9.47 Å². The van der Waals surface area contributed by atoms with Gasteiger partial charge in [0.2, 0.25) is 5.91 Å². The number of nitrogens with one attached hydrogen (secondary N) is 1. The van der Waals surface area contributed by atoms with E-state index < -0.39 is 10.8 Å². The van der Waals surface area contributed by atoms with Crippen molar-refractivity contribution in [1.82, 2.24) is 5.32 Å². The Bertz CT molecular complexity index is 1380. The quantitative estimate of drug-likeness (QED) is 0.345. The van der Waals surface area contributed by atoms with Gasteiger partial charge in [-0.2, -0.15) is 0 Å². The Morgan fingerprint density at radius 1 is 1.05 bits per heavy atom. The molecule has 0 unspecified atom stereocenters. The second-order valence-electron chi connectivity index (χ2n) is 9.77. The summed E-state index contributed by atoms with van der Waals surface area (Å²) in [6, 6.07) is 16.9. The summed E-state index contributed by atoms with van der Waals surface area (Å²) < 4.78 is 25.3. The van der Waals surface area contributed by atoms with E-state index in [1.165, 1.54) is 12.1 Å². The second kappa shape index (κ2) is 11.2. The Kier molecular flexibility index (Phi) is 7.53. The Hall–Kier alpha value is -4.34. The number of nitro benzene ring substituents is 1. The van der Waals surface area contributed by atoms with Gasteiger partial charge in [0, 0.05) is 44.0 Å². The number of amides is 1. The maximum atomic E-state index is 14.6. The summed E-state index contributed by atoms with van der Waals surface area (Å²) in [5, 5.41) is 14.5. The number of ether oxygens (including phenoxy) is 2. The predicted octanol–water partition coefficient (Wildman–Crippen LogP) is 3.98. The van der Waals surface area contributed by atoms with Gasteiger partial charge in [0.1, 0.15) is 5.82 Å². The van der Waals surface area contributed by atoms with Gasteiger partial charge >= 0.3 is 0 Å². The summed E-state index contributed by atoms with van der Waals surface area (Å²) in [5.41, 5.74) is 3.18. The van der Waals surface area contributed by atoms with Crippen LogP contribution in [-0.2, 0) is 17.6 Å². The summed E-state index contributed by atoms with van der Waals surface area (Å²) >= 11 is 0. The number of rotatable bonds is 8. The lowest BCUT2D eigenvalue weighted by Gasteiger charge is -2.49. The number of benzene rings is 3. The van der Waals surface area contributed by atoms with Gasteiger partial charge < -0.3 is 24.6 Å². The fraction of sp³-hybridized carbons (Fsp3) is 0.345. The van der Waals surface area contributed by atoms with Crippen LogP contribution in [0.1, 0.15) is 11.1 Å². The van der Waals surface area contributed by atoms with E-state index in [0.29, 0.717) is 56.2 Å². The molecule has 1 saturated heterocycles. The molecule has 2 atom stereocenters. The van der Waals surface area contributed by atoms with Crippen LogP contribution in [-0.4, -0.2) is 57.3 Å². The van der Waals surface area contributed by atoms with Gasteiger partial charge in [-0.15, -0.1) is 0 Å². The number of hydrogen-bond acceptors (Lipinski definition) is 7. The van der Waals surface area contributed by atoms with Crippen molar-refractivity contribution in [3.63, 3.8) is 0 Å². The second-order valence-corrected chi connectivity index (χ2v) is 9.77. The summed E-state index contributed by atoms with van der Waals surface area (Å²) in [6.45, 7) is 2.02. The largest absolute Gasteiger partial charge is 0.493 e. The van der Waals surface area contributed by atoms with E-state index in [1.807, 2.05) is 23.1 Å². The molecule has 0 aromatic heterocycles. The SMILES string of the molecule is COc1ccc(CCNC(=O)[C@@H]2Cc3cc([N+](=O)[O-])ccc3N3CCN(c4ccccc4F)C[C@@H]23)cc1OC. The van der Waals surface area contributed by atoms with Crippen LogP contribution in [0.15, 0.2) is 60.7 Å². The molecule has 2 aliphatic rings. The van der Waals surface area contributed by atoms with Gasteiger partial charge in [-0.3, -0.25) is 14.9 Å². The number of carbonyl (C=O) groups is 1. The lowest BCUT2D eigenvalue weighted by atomic mass is 9.83. The van der Waals surface area contributed by atoms with Crippen LogP contribution in [0.4, 0.5) is 21.5 Å². The highest BCUT2D eigenvalue weighted by Crippen LogP contribution is 2.39. The zero-order valence-electron chi connectivity index (χ0n) is 21.9. The van der Waals surface area contributed by atoms with E-state index in [1.54, 1.807) is 44.6 Å². The highest BCUT2D eigenvalue weighted by Gasteiger charge is 2.42. The molecule has 0 saturated carbocycles. The van der Waals surface area contributed by atoms with Crippen LogP contribution >= 0.6 is 0 Å². The van der Waals surface area contributed by atoms with Crippen LogP contribution < -0.4 is 24.6 Å². The molecule has 2 heterocycles. The average Bonchev–Trinajstić information content (AvgIpc) is 2.96. The first kappa shape index (κ1) is 26.3. The minimum atomic E-state index is -0.459. The number of fused-ring (bicyclic) bond motifs is 3. The molecule has 1 amide bonds. The topological polar surface area (TPSA) is 97.2 Å². The number of nitrogens with zero attached hydrogens (tertiary/aromatic N) is 3. The van der Waals surface area contributed by atoms with E-state index in [9.17, 15) is 19.3 Å². The number of halogens is 1. The number of hydrogen-bond donors (Lipinski definition) is 1. The van der Waals surface area contributed by atoms with Crippen molar-refractivity contribution in [1.29, 1.82) is 0 Å². The summed E-state index contributed by atoms with van der Waals surface area (Å²) in [7, 11) is 3.16. The zero-order valence-corrected chi connectivity index (χ0v) is 21.9. The van der Waals surface area contributed by atoms with Crippen molar-refractivity contribution in [2.24, 2.45) is 5.92 Å². The normalized spacial score (nSPS) is 18.1. The molecule has 204 valence electrons. The van der Waals surface area contributed by atoms with Crippen LogP contribution in [0.2, 0.25) is 0 Å². The van der Waals surface area contributed by atoms with Crippen LogP contribution in [0, 0.1) is 21.8 Å². The summed E-state index contributed by atoms with van der Waals surface area (Å²) in [5.74, 6) is 0.376. The fourth-order valence-corrected chi connectivity index (χ4v) is 5.65. The molecule has 2 aliphatic heterocycles. The minimum absolute atomic E-state index is 0.00445. The molecule has 1 fully saturated rings. The van der Waals surface area contributed by atoms with E-state index in [-0.39, 0.29) is 23.5 Å². The smallest absolute Gasteiger partial charge is 0.269 e. The van der Waals surface area contributed by atoms with Gasteiger partial charge in [0.15, 0.2) is 11.5 Å². The Balaban J connectivity index is 1.36. The lowest BCUT2D eigenvalue weighted by molar-refractivity contribution is -0.384. The van der Waals surface area contributed by atoms with E-state index in [2.05, 4.69) is 10.2 Å². The number of anilines is 2. The number of carbonyl (C=O) groups excluding carboxylic acids is 1. The first-order valence-corrected chi connectivity index (χ1v) is 12.9. The van der Waals surface area contributed by atoms with Gasteiger partial charge in [0.05, 0.1) is 36.8 Å². The third-order valence-corrected chi connectivity index (χ3v) is 7.60. The molecule has 3 aromatic carbocycles. The first-order chi connectivity index (χ1) is 18.9. The highest BCUT2D eigenvalue weighted by atomic mass is 19.1. The molecule has 0 radical (unpaired) electrons. The third kappa shape index (κ3) is 5.32. The van der Waals surface area contributed by atoms with Gasteiger partial charge in [-0.05, 0) is 54.3 Å². The molecular formula is C29H31FN4O5. The number of methoxy groups -OCH3 is 2. The predicted molar refractivity (Wildman–Crippen MR) is 146 cm³/mol. The van der Waals surface area contributed by atoms with Crippen LogP contribution in [0.5, 0.6) is 11.5 Å². The molecule has 0 bridgehead atoms. The molecule has 0 aliphatic carbocycles. The van der Waals surface area contributed by atoms with E-state index >= 15 is 0 Å². The maximum absolute atomic E-state index is 14.6. The van der Waals surface area contributed by atoms with E-state index in [0.717, 1.165) is 16.8 Å². The maximum Gasteiger partial charge on any atom is 0.269 e. The number of non-ortho nitro benzene ring substituents is 1.